The SMILES string of the molecule is O=C(CSc1nnnn1-c1ccc(OC(F)(F)F)cc1)N1CCNC1=O. The topological polar surface area (TPSA) is 102 Å². The summed E-state index contributed by atoms with van der Waals surface area (Å²) in [4.78, 5) is 24.6. The standard InChI is InChI=1S/C13H11F3N6O3S/c14-13(15,16)25-9-3-1-8(2-4-9)22-12(18-19-20-22)26-7-10(23)21-6-5-17-11(21)24/h1-4H,5-7H2,(H,17,24). The van der Waals surface area contributed by atoms with Gasteiger partial charge in [0, 0.05) is 13.1 Å². The number of carbonyl (C=O) groups is 2. The molecule has 1 N–H and O–H groups in total. The van der Waals surface area contributed by atoms with Crippen LogP contribution in [0.4, 0.5) is 18.0 Å². The zero-order chi connectivity index (χ0) is 18.7. The molecule has 3 amide bonds. The highest BCUT2D eigenvalue weighted by Gasteiger charge is 2.31. The second-order valence-electron chi connectivity index (χ2n) is 4.98. The predicted octanol–water partition coefficient (Wildman–Crippen LogP) is 1.20. The molecule has 1 aromatic heterocycles. The number of benzene rings is 1. The van der Waals surface area contributed by atoms with Gasteiger partial charge in [-0.1, -0.05) is 11.8 Å². The van der Waals surface area contributed by atoms with Crippen molar-refractivity contribution in [2.45, 2.75) is 11.5 Å². The lowest BCUT2D eigenvalue weighted by Crippen LogP contribution is -2.35. The Hall–Kier alpha value is -2.83. The minimum atomic E-state index is -4.78. The lowest BCUT2D eigenvalue weighted by atomic mass is 10.3. The first-order chi connectivity index (χ1) is 12.3. The molecule has 138 valence electrons. The van der Waals surface area contributed by atoms with Crippen molar-refractivity contribution in [1.29, 1.82) is 0 Å². The Balaban J connectivity index is 1.66. The molecule has 3 rings (SSSR count). The molecule has 1 saturated heterocycles. The normalized spacial score (nSPS) is 14.4. The molecule has 9 nitrogen and oxygen atoms in total. The van der Waals surface area contributed by atoms with Gasteiger partial charge in [-0.15, -0.1) is 18.3 Å². The van der Waals surface area contributed by atoms with Crippen molar-refractivity contribution in [1.82, 2.24) is 30.4 Å². The number of nitrogens with one attached hydrogen (secondary N) is 1. The monoisotopic (exact) mass is 388 g/mol. The van der Waals surface area contributed by atoms with E-state index in [1.54, 1.807) is 0 Å². The molecule has 13 heteroatoms. The first kappa shape index (κ1) is 18.0. The quantitative estimate of drug-likeness (QED) is 0.768. The number of carbonyl (C=O) groups excluding carboxylic acids is 2. The van der Waals surface area contributed by atoms with Crippen LogP contribution >= 0.6 is 11.8 Å². The van der Waals surface area contributed by atoms with Crippen LogP contribution in [0.1, 0.15) is 0 Å². The van der Waals surface area contributed by atoms with Gasteiger partial charge in [-0.25, -0.2) is 4.79 Å². The second-order valence-corrected chi connectivity index (χ2v) is 5.92. The first-order valence-corrected chi connectivity index (χ1v) is 8.17. The summed E-state index contributed by atoms with van der Waals surface area (Å²) in [5.41, 5.74) is 0.387. The molecule has 0 spiro atoms. The number of hydrogen-bond donors (Lipinski definition) is 1. The molecule has 26 heavy (non-hydrogen) atoms. The van der Waals surface area contributed by atoms with Crippen LogP contribution in [0.3, 0.4) is 0 Å². The van der Waals surface area contributed by atoms with Crippen LogP contribution in [0, 0.1) is 0 Å². The van der Waals surface area contributed by atoms with Crippen molar-refractivity contribution < 1.29 is 27.5 Å². The van der Waals surface area contributed by atoms with Gasteiger partial charge >= 0.3 is 12.4 Å². The van der Waals surface area contributed by atoms with E-state index < -0.39 is 18.3 Å². The average Bonchev–Trinajstić information content (AvgIpc) is 3.20. The number of amides is 3. The second kappa shape index (κ2) is 7.19. The van der Waals surface area contributed by atoms with Gasteiger partial charge in [0.05, 0.1) is 11.4 Å². The van der Waals surface area contributed by atoms with Crippen molar-refractivity contribution in [3.8, 4) is 11.4 Å². The Morgan fingerprint density at radius 3 is 2.65 bits per heavy atom. The number of urea groups is 1. The van der Waals surface area contributed by atoms with Crippen LogP contribution in [0.2, 0.25) is 0 Å². The van der Waals surface area contributed by atoms with Crippen molar-refractivity contribution in [3.05, 3.63) is 24.3 Å². The number of rotatable bonds is 5. The molecule has 1 aromatic carbocycles. The summed E-state index contributed by atoms with van der Waals surface area (Å²) in [6.07, 6.45) is -4.78. The Morgan fingerprint density at radius 2 is 2.04 bits per heavy atom. The Morgan fingerprint density at radius 1 is 1.31 bits per heavy atom. The minimum Gasteiger partial charge on any atom is -0.406 e. The fourth-order valence-electron chi connectivity index (χ4n) is 2.13. The van der Waals surface area contributed by atoms with Gasteiger partial charge in [0.1, 0.15) is 5.75 Å². The van der Waals surface area contributed by atoms with Gasteiger partial charge < -0.3 is 10.1 Å². The van der Waals surface area contributed by atoms with Crippen LogP contribution in [0.5, 0.6) is 5.75 Å². The van der Waals surface area contributed by atoms with Gasteiger partial charge in [-0.05, 0) is 34.7 Å². The number of tetrazole rings is 1. The number of alkyl halides is 3. The Labute approximate surface area is 148 Å². The van der Waals surface area contributed by atoms with E-state index in [4.69, 9.17) is 0 Å². The largest absolute Gasteiger partial charge is 0.573 e. The van der Waals surface area contributed by atoms with E-state index in [0.29, 0.717) is 18.8 Å². The van der Waals surface area contributed by atoms with Crippen molar-refractivity contribution in [2.24, 2.45) is 0 Å². The van der Waals surface area contributed by atoms with E-state index in [-0.39, 0.29) is 16.7 Å². The number of halogens is 3. The van der Waals surface area contributed by atoms with Gasteiger partial charge in [0.2, 0.25) is 11.1 Å². The van der Waals surface area contributed by atoms with E-state index in [2.05, 4.69) is 25.6 Å². The molecule has 1 aliphatic heterocycles. The molecule has 0 aliphatic carbocycles. The maximum absolute atomic E-state index is 12.2. The number of hydrogen-bond acceptors (Lipinski definition) is 7. The first-order valence-electron chi connectivity index (χ1n) is 7.19. The third-order valence-electron chi connectivity index (χ3n) is 3.24. The third kappa shape index (κ3) is 4.22. The highest BCUT2D eigenvalue weighted by molar-refractivity contribution is 7.99. The van der Waals surface area contributed by atoms with E-state index in [1.807, 2.05) is 0 Å². The molecule has 2 heterocycles. The summed E-state index contributed by atoms with van der Waals surface area (Å²) in [6.45, 7) is 0.698. The number of aromatic nitrogens is 4. The highest BCUT2D eigenvalue weighted by atomic mass is 32.2. The molecule has 0 unspecified atom stereocenters. The van der Waals surface area contributed by atoms with Gasteiger partial charge in [0.25, 0.3) is 0 Å². The fraction of sp³-hybridized carbons (Fsp3) is 0.308. The van der Waals surface area contributed by atoms with Crippen LogP contribution in [0.25, 0.3) is 5.69 Å². The van der Waals surface area contributed by atoms with Gasteiger partial charge in [0.15, 0.2) is 0 Å². The van der Waals surface area contributed by atoms with Crippen molar-refractivity contribution in [3.63, 3.8) is 0 Å². The van der Waals surface area contributed by atoms with Crippen LogP contribution < -0.4 is 10.1 Å². The molecule has 0 atom stereocenters. The van der Waals surface area contributed by atoms with Crippen molar-refractivity contribution in [2.75, 3.05) is 18.8 Å². The van der Waals surface area contributed by atoms with Gasteiger partial charge in [-0.3, -0.25) is 9.69 Å². The average molecular weight is 388 g/mol. The lowest BCUT2D eigenvalue weighted by molar-refractivity contribution is -0.274. The molecule has 1 aliphatic rings. The van der Waals surface area contributed by atoms with Crippen LogP contribution in [-0.4, -0.2) is 62.3 Å². The summed E-state index contributed by atoms with van der Waals surface area (Å²) in [6, 6.07) is 4.49. The summed E-state index contributed by atoms with van der Waals surface area (Å²) in [7, 11) is 0. The van der Waals surface area contributed by atoms with Crippen LogP contribution in [0.15, 0.2) is 29.4 Å². The maximum atomic E-state index is 12.2. The molecule has 0 saturated carbocycles. The Bertz CT molecular complexity index is 810. The van der Waals surface area contributed by atoms with Gasteiger partial charge in [-0.2, -0.15) is 4.68 Å². The number of ether oxygens (including phenoxy) is 1. The molecule has 1 fully saturated rings. The zero-order valence-corrected chi connectivity index (χ0v) is 13.8. The number of thioether (sulfide) groups is 1. The highest BCUT2D eigenvalue weighted by Crippen LogP contribution is 2.25. The summed E-state index contributed by atoms with van der Waals surface area (Å²) < 4.78 is 41.6. The lowest BCUT2D eigenvalue weighted by Gasteiger charge is -2.11. The zero-order valence-electron chi connectivity index (χ0n) is 12.9. The number of imide groups is 1. The Kier molecular flexibility index (Phi) is 4.97. The summed E-state index contributed by atoms with van der Waals surface area (Å²) >= 11 is 1.00. The van der Waals surface area contributed by atoms with E-state index in [9.17, 15) is 22.8 Å². The number of nitrogens with zero attached hydrogens (tertiary/aromatic N) is 5. The smallest absolute Gasteiger partial charge is 0.406 e. The molecular formula is C13H11F3N6O3S. The third-order valence-corrected chi connectivity index (χ3v) is 4.14. The van der Waals surface area contributed by atoms with Crippen molar-refractivity contribution >= 4 is 23.7 Å². The molecule has 0 radical (unpaired) electrons. The van der Waals surface area contributed by atoms with E-state index in [0.717, 1.165) is 28.8 Å². The predicted molar refractivity (Wildman–Crippen MR) is 81.7 cm³/mol. The fourth-order valence-corrected chi connectivity index (χ4v) is 2.90. The summed E-state index contributed by atoms with van der Waals surface area (Å²) in [5, 5.41) is 13.8. The van der Waals surface area contributed by atoms with E-state index in [1.165, 1.54) is 16.8 Å². The molecule has 2 aromatic rings. The maximum Gasteiger partial charge on any atom is 0.573 e. The minimum absolute atomic E-state index is 0.0664. The summed E-state index contributed by atoms with van der Waals surface area (Å²) in [5.74, 6) is -0.837. The van der Waals surface area contributed by atoms with Crippen LogP contribution in [-0.2, 0) is 4.79 Å². The molecule has 0 bridgehead atoms. The van der Waals surface area contributed by atoms with E-state index >= 15 is 0 Å². The molecular weight excluding hydrogens is 377 g/mol.